The number of nitro benzene ring substituents is 1. The molecule has 0 aliphatic heterocycles. The summed E-state index contributed by atoms with van der Waals surface area (Å²) < 4.78 is 38.5. The molecular formula is C23H23N3O7S. The number of rotatable bonds is 9. The summed E-state index contributed by atoms with van der Waals surface area (Å²) >= 11 is 0. The van der Waals surface area contributed by atoms with Gasteiger partial charge < -0.3 is 14.8 Å². The van der Waals surface area contributed by atoms with Gasteiger partial charge in [-0.1, -0.05) is 23.8 Å². The number of carbonyl (C=O) groups is 1. The molecular weight excluding hydrogens is 462 g/mol. The molecule has 10 nitrogen and oxygen atoms in total. The third-order valence-corrected chi connectivity index (χ3v) is 6.66. The van der Waals surface area contributed by atoms with E-state index in [9.17, 15) is 23.3 Å². The zero-order chi connectivity index (χ0) is 24.9. The molecule has 11 heteroatoms. The van der Waals surface area contributed by atoms with Gasteiger partial charge in [0.2, 0.25) is 5.91 Å². The van der Waals surface area contributed by atoms with Gasteiger partial charge in [-0.25, -0.2) is 8.42 Å². The normalized spacial score (nSPS) is 10.9. The summed E-state index contributed by atoms with van der Waals surface area (Å²) in [4.78, 5) is 23.1. The smallest absolute Gasteiger partial charge is 0.271 e. The van der Waals surface area contributed by atoms with Crippen molar-refractivity contribution in [2.24, 2.45) is 0 Å². The van der Waals surface area contributed by atoms with Gasteiger partial charge in [0, 0.05) is 23.9 Å². The lowest BCUT2D eigenvalue weighted by Crippen LogP contribution is -2.38. The van der Waals surface area contributed by atoms with Crippen LogP contribution < -0.4 is 19.1 Å². The molecule has 3 rings (SSSR count). The minimum Gasteiger partial charge on any atom is -0.493 e. The summed E-state index contributed by atoms with van der Waals surface area (Å²) in [7, 11) is -1.38. The average molecular weight is 486 g/mol. The average Bonchev–Trinajstić information content (AvgIpc) is 2.82. The minimum atomic E-state index is -4.20. The van der Waals surface area contributed by atoms with Crippen LogP contribution in [0, 0.1) is 17.0 Å². The van der Waals surface area contributed by atoms with Gasteiger partial charge in [0.05, 0.1) is 29.7 Å². The van der Waals surface area contributed by atoms with Crippen LogP contribution in [0.3, 0.4) is 0 Å². The number of nitrogens with one attached hydrogen (secondary N) is 1. The lowest BCUT2D eigenvalue weighted by Gasteiger charge is -2.24. The number of carbonyl (C=O) groups excluding carboxylic acids is 1. The van der Waals surface area contributed by atoms with Gasteiger partial charge in [-0.3, -0.25) is 19.2 Å². The molecule has 3 aromatic rings. The number of ether oxygens (including phenoxy) is 2. The van der Waals surface area contributed by atoms with E-state index in [-0.39, 0.29) is 27.7 Å². The zero-order valence-corrected chi connectivity index (χ0v) is 19.5. The number of sulfonamides is 1. The molecule has 0 unspecified atom stereocenters. The van der Waals surface area contributed by atoms with Crippen LogP contribution in [0.15, 0.2) is 71.6 Å². The molecule has 1 amide bonds. The number of non-ortho nitro benzene ring substituents is 1. The van der Waals surface area contributed by atoms with Crippen molar-refractivity contribution in [3.8, 4) is 11.5 Å². The van der Waals surface area contributed by atoms with E-state index in [2.05, 4.69) is 5.32 Å². The Balaban J connectivity index is 1.97. The van der Waals surface area contributed by atoms with Gasteiger partial charge in [-0.15, -0.1) is 0 Å². The second-order valence-electron chi connectivity index (χ2n) is 7.22. The molecule has 34 heavy (non-hydrogen) atoms. The molecule has 0 atom stereocenters. The Kier molecular flexibility index (Phi) is 7.37. The highest BCUT2D eigenvalue weighted by Crippen LogP contribution is 2.32. The minimum absolute atomic E-state index is 0.103. The number of nitrogens with zero attached hydrogens (tertiary/aromatic N) is 2. The predicted molar refractivity (Wildman–Crippen MR) is 127 cm³/mol. The van der Waals surface area contributed by atoms with E-state index in [1.807, 2.05) is 6.92 Å². The summed E-state index contributed by atoms with van der Waals surface area (Å²) in [6, 6.07) is 16.1. The molecule has 0 bridgehead atoms. The van der Waals surface area contributed by atoms with Crippen molar-refractivity contribution in [2.75, 3.05) is 30.4 Å². The van der Waals surface area contributed by atoms with Crippen LogP contribution in [0.2, 0.25) is 0 Å². The van der Waals surface area contributed by atoms with Crippen molar-refractivity contribution in [1.82, 2.24) is 0 Å². The van der Waals surface area contributed by atoms with E-state index in [0.29, 0.717) is 5.75 Å². The molecule has 0 saturated carbocycles. The third-order valence-electron chi connectivity index (χ3n) is 4.89. The van der Waals surface area contributed by atoms with E-state index in [1.165, 1.54) is 56.7 Å². The predicted octanol–water partition coefficient (Wildman–Crippen LogP) is 3.75. The standard InChI is InChI=1S/C23H23N3O7S/c1-16-7-9-18(10-8-16)25(15-23(27)24-17-5-4-6-19(13-17)26(28)29)34(30,31)20-11-12-21(32-2)22(14-20)33-3/h4-14H,15H2,1-3H3,(H,24,27). The summed E-state index contributed by atoms with van der Waals surface area (Å²) in [6.07, 6.45) is 0. The molecule has 0 heterocycles. The van der Waals surface area contributed by atoms with E-state index in [0.717, 1.165) is 9.87 Å². The van der Waals surface area contributed by atoms with Crippen LogP contribution in [0.25, 0.3) is 0 Å². The lowest BCUT2D eigenvalue weighted by molar-refractivity contribution is -0.384. The molecule has 0 fully saturated rings. The van der Waals surface area contributed by atoms with Crippen LogP contribution in [0.4, 0.5) is 17.1 Å². The molecule has 0 spiro atoms. The van der Waals surface area contributed by atoms with Crippen LogP contribution in [-0.2, 0) is 14.8 Å². The Bertz CT molecular complexity index is 1310. The van der Waals surface area contributed by atoms with Crippen molar-refractivity contribution in [3.63, 3.8) is 0 Å². The Labute approximate surface area is 196 Å². The maximum absolute atomic E-state index is 13.6. The molecule has 0 radical (unpaired) electrons. The third kappa shape index (κ3) is 5.44. The van der Waals surface area contributed by atoms with Gasteiger partial charge in [0.25, 0.3) is 15.7 Å². The van der Waals surface area contributed by atoms with Crippen LogP contribution in [-0.4, -0.2) is 40.0 Å². The number of hydrogen-bond donors (Lipinski definition) is 1. The van der Waals surface area contributed by atoms with E-state index < -0.39 is 27.4 Å². The first-order valence-corrected chi connectivity index (χ1v) is 11.5. The molecule has 3 aromatic carbocycles. The quantitative estimate of drug-likeness (QED) is 0.361. The molecule has 0 aromatic heterocycles. The fraction of sp³-hybridized carbons (Fsp3) is 0.174. The lowest BCUT2D eigenvalue weighted by atomic mass is 10.2. The summed E-state index contributed by atoms with van der Waals surface area (Å²) in [6.45, 7) is 1.29. The number of amides is 1. The largest absolute Gasteiger partial charge is 0.493 e. The fourth-order valence-electron chi connectivity index (χ4n) is 3.16. The van der Waals surface area contributed by atoms with Crippen LogP contribution in [0.1, 0.15) is 5.56 Å². The zero-order valence-electron chi connectivity index (χ0n) is 18.7. The fourth-order valence-corrected chi connectivity index (χ4v) is 4.60. The Morgan fingerprint density at radius 3 is 2.29 bits per heavy atom. The maximum atomic E-state index is 13.6. The van der Waals surface area contributed by atoms with Gasteiger partial charge in [0.1, 0.15) is 6.54 Å². The molecule has 0 aliphatic carbocycles. The molecule has 0 aliphatic rings. The first-order chi connectivity index (χ1) is 16.1. The topological polar surface area (TPSA) is 128 Å². The summed E-state index contributed by atoms with van der Waals surface area (Å²) in [5.41, 5.74) is 1.15. The maximum Gasteiger partial charge on any atom is 0.271 e. The Hall–Kier alpha value is -4.12. The highest BCUT2D eigenvalue weighted by atomic mass is 32.2. The molecule has 178 valence electrons. The number of anilines is 2. The van der Waals surface area contributed by atoms with Crippen LogP contribution >= 0.6 is 0 Å². The first kappa shape index (κ1) is 24.5. The van der Waals surface area contributed by atoms with Crippen molar-refractivity contribution < 1.29 is 27.6 Å². The van der Waals surface area contributed by atoms with Crippen molar-refractivity contribution in [3.05, 3.63) is 82.4 Å². The number of benzene rings is 3. The van der Waals surface area contributed by atoms with Gasteiger partial charge in [-0.05, 0) is 37.3 Å². The summed E-state index contributed by atoms with van der Waals surface area (Å²) in [5.74, 6) is -0.106. The number of methoxy groups -OCH3 is 2. The number of aryl methyl sites for hydroxylation is 1. The van der Waals surface area contributed by atoms with Crippen molar-refractivity contribution in [1.29, 1.82) is 0 Å². The number of nitro groups is 1. The second-order valence-corrected chi connectivity index (χ2v) is 9.08. The van der Waals surface area contributed by atoms with Crippen LogP contribution in [0.5, 0.6) is 11.5 Å². The summed E-state index contributed by atoms with van der Waals surface area (Å²) in [5, 5.41) is 13.5. The van der Waals surface area contributed by atoms with E-state index in [4.69, 9.17) is 9.47 Å². The molecule has 0 saturated heterocycles. The number of hydrogen-bond acceptors (Lipinski definition) is 7. The van der Waals surface area contributed by atoms with Gasteiger partial charge >= 0.3 is 0 Å². The second kappa shape index (κ2) is 10.2. The van der Waals surface area contributed by atoms with Crippen molar-refractivity contribution in [2.45, 2.75) is 11.8 Å². The Morgan fingerprint density at radius 2 is 1.68 bits per heavy atom. The SMILES string of the molecule is COc1ccc(S(=O)(=O)N(CC(=O)Nc2cccc([N+](=O)[O-])c2)c2ccc(C)cc2)cc1OC. The monoisotopic (exact) mass is 485 g/mol. The highest BCUT2D eigenvalue weighted by molar-refractivity contribution is 7.92. The van der Waals surface area contributed by atoms with Gasteiger partial charge in [0.15, 0.2) is 11.5 Å². The van der Waals surface area contributed by atoms with Crippen molar-refractivity contribution >= 4 is 33.0 Å². The van der Waals surface area contributed by atoms with Gasteiger partial charge in [-0.2, -0.15) is 0 Å². The highest BCUT2D eigenvalue weighted by Gasteiger charge is 2.28. The Morgan fingerprint density at radius 1 is 1.00 bits per heavy atom. The molecule has 1 N–H and O–H groups in total. The first-order valence-electron chi connectivity index (χ1n) is 10.0. The van der Waals surface area contributed by atoms with E-state index >= 15 is 0 Å². The van der Waals surface area contributed by atoms with E-state index in [1.54, 1.807) is 24.3 Å².